The summed E-state index contributed by atoms with van der Waals surface area (Å²) in [5.41, 5.74) is 7.22. The van der Waals surface area contributed by atoms with E-state index in [1.807, 2.05) is 24.7 Å². The molecule has 42 heavy (non-hydrogen) atoms. The fourth-order valence-corrected chi connectivity index (χ4v) is 8.83. The second-order valence-corrected chi connectivity index (χ2v) is 13.1. The number of piperidine rings is 1. The van der Waals surface area contributed by atoms with E-state index >= 15 is 0 Å². The van der Waals surface area contributed by atoms with Crippen molar-refractivity contribution in [1.29, 1.82) is 0 Å². The summed E-state index contributed by atoms with van der Waals surface area (Å²) in [7, 11) is 0. The first-order valence-electron chi connectivity index (χ1n) is 15.6. The van der Waals surface area contributed by atoms with Crippen molar-refractivity contribution in [3.63, 3.8) is 0 Å². The zero-order valence-electron chi connectivity index (χ0n) is 23.8. The van der Waals surface area contributed by atoms with E-state index in [1.54, 1.807) is 0 Å². The van der Waals surface area contributed by atoms with Crippen LogP contribution in [0.4, 0.5) is 0 Å². The zero-order valence-corrected chi connectivity index (χ0v) is 23.8. The van der Waals surface area contributed by atoms with Gasteiger partial charge in [0, 0.05) is 54.7 Å². The van der Waals surface area contributed by atoms with Gasteiger partial charge >= 0.3 is 0 Å². The van der Waals surface area contributed by atoms with Crippen LogP contribution in [-0.2, 0) is 29.4 Å². The number of hydrogen-bond acceptors (Lipinski definition) is 6. The Morgan fingerprint density at radius 2 is 1.98 bits per heavy atom. The highest BCUT2D eigenvalue weighted by Gasteiger charge is 2.73. The van der Waals surface area contributed by atoms with Crippen molar-refractivity contribution < 1.29 is 14.6 Å². The Morgan fingerprint density at radius 3 is 2.81 bits per heavy atom. The van der Waals surface area contributed by atoms with Crippen LogP contribution in [0.5, 0.6) is 11.5 Å². The maximum absolute atomic E-state index is 11.1. The molecule has 2 fully saturated rings. The van der Waals surface area contributed by atoms with Gasteiger partial charge in [0.1, 0.15) is 5.60 Å². The van der Waals surface area contributed by atoms with Crippen LogP contribution in [0.2, 0.25) is 0 Å². The maximum Gasteiger partial charge on any atom is 0.166 e. The SMILES string of the molecule is Oc1ccc2c3c1O[C@H]1c4ncc(-c5cn[nH]c5)cc4C[C@@]4(OCCCc5ccccc5)[C@@H](C2)N(CC2CC2)CC[C@]314. The van der Waals surface area contributed by atoms with Gasteiger partial charge in [-0.1, -0.05) is 36.4 Å². The molecule has 0 unspecified atom stereocenters. The molecule has 0 radical (unpaired) electrons. The van der Waals surface area contributed by atoms with Crippen LogP contribution in [0.15, 0.2) is 67.1 Å². The summed E-state index contributed by atoms with van der Waals surface area (Å²) in [5.74, 6) is 1.68. The average molecular weight is 561 g/mol. The number of rotatable bonds is 8. The van der Waals surface area contributed by atoms with Crippen molar-refractivity contribution in [3.8, 4) is 22.6 Å². The third kappa shape index (κ3) is 3.47. The van der Waals surface area contributed by atoms with Crippen molar-refractivity contribution in [2.45, 2.75) is 68.1 Å². The quantitative estimate of drug-likeness (QED) is 0.276. The molecule has 4 heterocycles. The average Bonchev–Trinajstić information content (AvgIpc) is 3.51. The highest BCUT2D eigenvalue weighted by molar-refractivity contribution is 5.67. The van der Waals surface area contributed by atoms with E-state index in [-0.39, 0.29) is 23.3 Å². The molecule has 1 saturated carbocycles. The van der Waals surface area contributed by atoms with E-state index in [4.69, 9.17) is 14.5 Å². The number of benzene rings is 2. The highest BCUT2D eigenvalue weighted by Crippen LogP contribution is 2.69. The minimum absolute atomic E-state index is 0.228. The Kier molecular flexibility index (Phi) is 5.42. The molecule has 1 saturated heterocycles. The van der Waals surface area contributed by atoms with Gasteiger partial charge in [-0.05, 0) is 79.8 Å². The molecule has 2 aromatic carbocycles. The predicted octanol–water partition coefficient (Wildman–Crippen LogP) is 5.53. The predicted molar refractivity (Wildman–Crippen MR) is 159 cm³/mol. The van der Waals surface area contributed by atoms with Crippen molar-refractivity contribution in [1.82, 2.24) is 20.1 Å². The normalized spacial score (nSPS) is 28.7. The summed E-state index contributed by atoms with van der Waals surface area (Å²) in [4.78, 5) is 7.84. The molecule has 214 valence electrons. The number of nitrogens with zero attached hydrogens (tertiary/aromatic N) is 3. The Balaban J connectivity index is 1.19. The topological polar surface area (TPSA) is 83.5 Å². The summed E-state index contributed by atoms with van der Waals surface area (Å²) in [5, 5.41) is 18.2. The molecule has 4 aromatic rings. The third-order valence-corrected chi connectivity index (χ3v) is 10.8. The first-order valence-corrected chi connectivity index (χ1v) is 15.6. The van der Waals surface area contributed by atoms with Gasteiger partial charge < -0.3 is 14.6 Å². The van der Waals surface area contributed by atoms with E-state index in [9.17, 15) is 5.11 Å². The standard InChI is InChI=1S/C35H36N4O3/c40-28-11-10-24-16-29-35(41-14-4-7-22-5-2-1-3-6-22)17-25-15-26(27-19-37-38-20-27)18-36-31(25)33-34(35,30(24)32(28)42-33)12-13-39(29)21-23-8-9-23/h1-3,5-6,10-11,15,18-20,23,29,33,40H,4,7-9,12-14,16-17,21H2,(H,37,38)/t29-,33+,34+,35-/m1/s1. The van der Waals surface area contributed by atoms with Crippen LogP contribution in [0, 0.1) is 5.92 Å². The first-order chi connectivity index (χ1) is 20.7. The molecule has 3 aliphatic carbocycles. The van der Waals surface area contributed by atoms with Crippen molar-refractivity contribution in [3.05, 3.63) is 95.1 Å². The number of hydrogen-bond donors (Lipinski definition) is 2. The fourth-order valence-electron chi connectivity index (χ4n) is 8.83. The summed E-state index contributed by atoms with van der Waals surface area (Å²) >= 11 is 0. The smallest absolute Gasteiger partial charge is 0.166 e. The molecule has 1 spiro atoms. The molecule has 9 rings (SSSR count). The lowest BCUT2D eigenvalue weighted by molar-refractivity contribution is -0.205. The van der Waals surface area contributed by atoms with E-state index in [0.29, 0.717) is 12.4 Å². The van der Waals surface area contributed by atoms with Crippen LogP contribution >= 0.6 is 0 Å². The number of phenols is 1. The number of fused-ring (bicyclic) bond motifs is 2. The number of aromatic nitrogens is 3. The van der Waals surface area contributed by atoms with Crippen LogP contribution in [0.25, 0.3) is 11.1 Å². The summed E-state index contributed by atoms with van der Waals surface area (Å²) in [6, 6.07) is 17.2. The number of likely N-dealkylation sites (tertiary alicyclic amines) is 1. The Bertz CT molecular complexity index is 1650. The van der Waals surface area contributed by atoms with Gasteiger partial charge in [0.25, 0.3) is 0 Å². The number of phenolic OH excluding ortho intramolecular Hbond substituents is 1. The van der Waals surface area contributed by atoms with Gasteiger partial charge in [-0.2, -0.15) is 5.10 Å². The molecule has 4 atom stereocenters. The number of ether oxygens (including phenoxy) is 2. The Morgan fingerprint density at radius 1 is 1.07 bits per heavy atom. The second kappa shape index (κ2) is 9.16. The van der Waals surface area contributed by atoms with Gasteiger partial charge in [-0.15, -0.1) is 0 Å². The van der Waals surface area contributed by atoms with Gasteiger partial charge in [0.05, 0.1) is 17.3 Å². The van der Waals surface area contributed by atoms with E-state index in [1.165, 1.54) is 35.1 Å². The van der Waals surface area contributed by atoms with Crippen molar-refractivity contribution in [2.75, 3.05) is 19.7 Å². The molecule has 2 aliphatic heterocycles. The lowest BCUT2D eigenvalue weighted by Gasteiger charge is -2.64. The summed E-state index contributed by atoms with van der Waals surface area (Å²) in [6.07, 6.45) is 12.7. The van der Waals surface area contributed by atoms with E-state index < -0.39 is 5.60 Å². The number of aromatic hydroxyl groups is 1. The zero-order chi connectivity index (χ0) is 27.9. The lowest BCUT2D eigenvalue weighted by atomic mass is 9.48. The number of nitrogens with one attached hydrogen (secondary N) is 1. The molecular formula is C35H36N4O3. The molecule has 2 bridgehead atoms. The number of H-pyrrole nitrogens is 1. The van der Waals surface area contributed by atoms with E-state index in [0.717, 1.165) is 67.9 Å². The Hall–Kier alpha value is -3.68. The largest absolute Gasteiger partial charge is 0.504 e. The summed E-state index contributed by atoms with van der Waals surface area (Å²) in [6.45, 7) is 2.85. The van der Waals surface area contributed by atoms with Crippen LogP contribution < -0.4 is 4.74 Å². The van der Waals surface area contributed by atoms with Crippen LogP contribution in [0.3, 0.4) is 0 Å². The number of aromatic amines is 1. The van der Waals surface area contributed by atoms with Gasteiger partial charge in [0.15, 0.2) is 17.6 Å². The number of aryl methyl sites for hydroxylation is 1. The highest BCUT2D eigenvalue weighted by atomic mass is 16.5. The molecule has 2 N–H and O–H groups in total. The number of pyridine rings is 1. The first kappa shape index (κ1) is 24.9. The monoisotopic (exact) mass is 560 g/mol. The minimum atomic E-state index is -0.475. The molecule has 7 nitrogen and oxygen atoms in total. The fraction of sp³-hybridized carbons (Fsp3) is 0.429. The van der Waals surface area contributed by atoms with Gasteiger partial charge in [-0.25, -0.2) is 0 Å². The van der Waals surface area contributed by atoms with Gasteiger partial charge in [0.2, 0.25) is 0 Å². The van der Waals surface area contributed by atoms with Gasteiger partial charge in [-0.3, -0.25) is 15.0 Å². The maximum atomic E-state index is 11.1. The second-order valence-electron chi connectivity index (χ2n) is 13.1. The minimum Gasteiger partial charge on any atom is -0.504 e. The Labute approximate surface area is 245 Å². The van der Waals surface area contributed by atoms with E-state index in [2.05, 4.69) is 57.6 Å². The van der Waals surface area contributed by atoms with Crippen molar-refractivity contribution >= 4 is 0 Å². The van der Waals surface area contributed by atoms with Crippen molar-refractivity contribution in [2.24, 2.45) is 5.92 Å². The van der Waals surface area contributed by atoms with Crippen LogP contribution in [0.1, 0.15) is 59.7 Å². The molecule has 5 aliphatic rings. The third-order valence-electron chi connectivity index (χ3n) is 10.8. The van der Waals surface area contributed by atoms with Crippen LogP contribution in [-0.4, -0.2) is 56.5 Å². The lowest BCUT2D eigenvalue weighted by Crippen LogP contribution is -2.75. The summed E-state index contributed by atoms with van der Waals surface area (Å²) < 4.78 is 14.3. The molecule has 7 heteroatoms. The molecule has 2 aromatic heterocycles. The molecule has 0 amide bonds. The molecular weight excluding hydrogens is 524 g/mol.